The van der Waals surface area contributed by atoms with E-state index in [0.29, 0.717) is 56.8 Å². The van der Waals surface area contributed by atoms with Crippen molar-refractivity contribution in [3.8, 4) is 0 Å². The van der Waals surface area contributed by atoms with Crippen LogP contribution in [0.15, 0.2) is 29.6 Å². The van der Waals surface area contributed by atoms with Gasteiger partial charge in [-0.2, -0.15) is 0 Å². The van der Waals surface area contributed by atoms with E-state index >= 15 is 0 Å². The van der Waals surface area contributed by atoms with Crippen LogP contribution in [-0.4, -0.2) is 48.4 Å². The van der Waals surface area contributed by atoms with Gasteiger partial charge >= 0.3 is 0 Å². The molecule has 0 radical (unpaired) electrons. The van der Waals surface area contributed by atoms with Gasteiger partial charge in [-0.15, -0.1) is 0 Å². The van der Waals surface area contributed by atoms with Gasteiger partial charge in [-0.3, -0.25) is 14.4 Å². The van der Waals surface area contributed by atoms with Crippen molar-refractivity contribution in [2.75, 3.05) is 25.1 Å². The van der Waals surface area contributed by atoms with Crippen molar-refractivity contribution < 1.29 is 18.8 Å². The molecule has 166 valence electrons. The lowest BCUT2D eigenvalue weighted by atomic mass is 9.85. The molecule has 10 heteroatoms. The smallest absolute Gasteiger partial charge is 0.272 e. The maximum absolute atomic E-state index is 13.2. The number of likely N-dealkylation sites (tertiary alicyclic amines) is 1. The highest BCUT2D eigenvalue weighted by Crippen LogP contribution is 2.28. The summed E-state index contributed by atoms with van der Waals surface area (Å²) in [5, 5.41) is 11.8. The molecule has 0 atom stereocenters. The lowest BCUT2D eigenvalue weighted by Crippen LogP contribution is -2.45. The summed E-state index contributed by atoms with van der Waals surface area (Å²) in [6, 6.07) is 3.78. The van der Waals surface area contributed by atoms with E-state index in [-0.39, 0.29) is 40.4 Å². The van der Waals surface area contributed by atoms with Gasteiger partial charge in [0.15, 0.2) is 0 Å². The first kappa shape index (κ1) is 21.4. The van der Waals surface area contributed by atoms with Crippen LogP contribution in [0.1, 0.15) is 32.1 Å². The molecule has 1 saturated carbocycles. The minimum Gasteiger partial charge on any atom is -0.362 e. The third kappa shape index (κ3) is 4.76. The number of carbonyl (C=O) groups is 3. The molecule has 0 bridgehead atoms. The molecule has 0 aromatic heterocycles. The second kappa shape index (κ2) is 9.13. The zero-order valence-electron chi connectivity index (χ0n) is 17.0. The first-order valence-corrected chi connectivity index (χ1v) is 10.9. The fraction of sp³-hybridized carbons (Fsp3) is 0.476. The number of benzene rings is 1. The van der Waals surface area contributed by atoms with Gasteiger partial charge in [0.25, 0.3) is 11.8 Å². The van der Waals surface area contributed by atoms with E-state index in [9.17, 15) is 18.8 Å². The minimum absolute atomic E-state index is 0.0683. The Morgan fingerprint density at radius 2 is 1.77 bits per heavy atom. The number of hydrogen-bond donors (Lipinski definition) is 4. The van der Waals surface area contributed by atoms with Crippen LogP contribution in [0.4, 0.5) is 10.1 Å². The molecule has 3 aliphatic rings. The van der Waals surface area contributed by atoms with Gasteiger partial charge < -0.3 is 26.2 Å². The van der Waals surface area contributed by atoms with Crippen molar-refractivity contribution >= 4 is 35.0 Å². The SMILES string of the molecule is O=C(N[C@H]1CC[C@H](C(=O)Nc2ccc(F)cc2Cl)CC1)C1=C(C(=O)N2CCC2)NCN1. The Morgan fingerprint density at radius 3 is 2.42 bits per heavy atom. The van der Waals surface area contributed by atoms with Gasteiger partial charge in [-0.1, -0.05) is 11.6 Å². The quantitative estimate of drug-likeness (QED) is 0.548. The highest BCUT2D eigenvalue weighted by Gasteiger charge is 2.33. The average molecular weight is 450 g/mol. The van der Waals surface area contributed by atoms with Crippen LogP contribution < -0.4 is 21.3 Å². The first-order valence-electron chi connectivity index (χ1n) is 10.5. The van der Waals surface area contributed by atoms with Gasteiger partial charge in [0.05, 0.1) is 17.4 Å². The molecular formula is C21H25ClFN5O3. The molecule has 4 rings (SSSR count). The van der Waals surface area contributed by atoms with E-state index in [2.05, 4.69) is 21.3 Å². The molecule has 1 saturated heterocycles. The van der Waals surface area contributed by atoms with Crippen LogP contribution in [0.2, 0.25) is 5.02 Å². The number of nitrogens with one attached hydrogen (secondary N) is 4. The summed E-state index contributed by atoms with van der Waals surface area (Å²) in [4.78, 5) is 39.4. The number of halogens is 2. The Labute approximate surface area is 184 Å². The van der Waals surface area contributed by atoms with Crippen molar-refractivity contribution in [3.63, 3.8) is 0 Å². The molecule has 1 aromatic rings. The summed E-state index contributed by atoms with van der Waals surface area (Å²) in [5.41, 5.74) is 0.985. The lowest BCUT2D eigenvalue weighted by Gasteiger charge is -2.31. The normalized spacial score (nSPS) is 22.8. The average Bonchev–Trinajstić information content (AvgIpc) is 3.19. The third-order valence-corrected chi connectivity index (χ3v) is 6.30. The molecule has 0 spiro atoms. The third-order valence-electron chi connectivity index (χ3n) is 5.99. The van der Waals surface area contributed by atoms with E-state index in [1.165, 1.54) is 12.1 Å². The van der Waals surface area contributed by atoms with E-state index < -0.39 is 5.82 Å². The Balaban J connectivity index is 1.29. The summed E-state index contributed by atoms with van der Waals surface area (Å²) in [6.07, 6.45) is 3.51. The van der Waals surface area contributed by atoms with Crippen LogP contribution in [0.3, 0.4) is 0 Å². The second-order valence-corrected chi connectivity index (χ2v) is 8.47. The van der Waals surface area contributed by atoms with Crippen molar-refractivity contribution in [2.45, 2.75) is 38.1 Å². The fourth-order valence-corrected chi connectivity index (χ4v) is 4.25. The lowest BCUT2D eigenvalue weighted by molar-refractivity contribution is -0.131. The largest absolute Gasteiger partial charge is 0.362 e. The summed E-state index contributed by atoms with van der Waals surface area (Å²) < 4.78 is 13.2. The summed E-state index contributed by atoms with van der Waals surface area (Å²) in [7, 11) is 0. The van der Waals surface area contributed by atoms with Crippen LogP contribution in [0.25, 0.3) is 0 Å². The molecule has 3 amide bonds. The van der Waals surface area contributed by atoms with Gasteiger partial charge in [0.2, 0.25) is 5.91 Å². The highest BCUT2D eigenvalue weighted by molar-refractivity contribution is 6.33. The molecular weight excluding hydrogens is 425 g/mol. The predicted octanol–water partition coefficient (Wildman–Crippen LogP) is 1.69. The second-order valence-electron chi connectivity index (χ2n) is 8.06. The van der Waals surface area contributed by atoms with Crippen LogP contribution >= 0.6 is 11.6 Å². The molecule has 8 nitrogen and oxygen atoms in total. The Bertz CT molecular complexity index is 926. The van der Waals surface area contributed by atoms with Gasteiger partial charge in [-0.05, 0) is 50.3 Å². The molecule has 1 aromatic carbocycles. The van der Waals surface area contributed by atoms with Gasteiger partial charge in [-0.25, -0.2) is 4.39 Å². The van der Waals surface area contributed by atoms with E-state index in [4.69, 9.17) is 11.6 Å². The Kier molecular flexibility index (Phi) is 6.31. The number of nitrogens with zero attached hydrogens (tertiary/aromatic N) is 1. The van der Waals surface area contributed by atoms with Crippen LogP contribution in [-0.2, 0) is 14.4 Å². The summed E-state index contributed by atoms with van der Waals surface area (Å²) in [5.74, 6) is -1.29. The maximum Gasteiger partial charge on any atom is 0.272 e. The van der Waals surface area contributed by atoms with Crippen molar-refractivity contribution in [3.05, 3.63) is 40.4 Å². The minimum atomic E-state index is -0.462. The molecule has 2 aliphatic heterocycles. The van der Waals surface area contributed by atoms with Gasteiger partial charge in [0, 0.05) is 25.0 Å². The first-order chi connectivity index (χ1) is 14.9. The zero-order chi connectivity index (χ0) is 22.0. The van der Waals surface area contributed by atoms with E-state index in [1.807, 2.05) is 0 Å². The number of rotatable bonds is 5. The molecule has 2 fully saturated rings. The van der Waals surface area contributed by atoms with Crippen molar-refractivity contribution in [1.82, 2.24) is 20.9 Å². The number of carbonyl (C=O) groups excluding carboxylic acids is 3. The van der Waals surface area contributed by atoms with Crippen molar-refractivity contribution in [2.24, 2.45) is 5.92 Å². The predicted molar refractivity (Wildman–Crippen MR) is 113 cm³/mol. The Morgan fingerprint density at radius 1 is 1.06 bits per heavy atom. The summed E-state index contributed by atoms with van der Waals surface area (Å²) >= 11 is 5.98. The standard InChI is InChI=1S/C21H25ClFN5O3/c22-15-10-13(23)4-7-16(15)27-19(29)12-2-5-14(6-3-12)26-20(30)17-18(25-11-24-17)21(31)28-8-1-9-28/h4,7,10,12,14,24-25H,1-3,5-6,8-9,11H2,(H,26,30)(H,27,29)/t12-,14-. The monoisotopic (exact) mass is 449 g/mol. The number of amides is 3. The Hall–Kier alpha value is -2.81. The molecule has 4 N–H and O–H groups in total. The summed E-state index contributed by atoms with van der Waals surface area (Å²) in [6.45, 7) is 1.78. The number of anilines is 1. The molecule has 1 aliphatic carbocycles. The maximum atomic E-state index is 13.2. The fourth-order valence-electron chi connectivity index (χ4n) is 4.03. The molecule has 31 heavy (non-hydrogen) atoms. The van der Waals surface area contributed by atoms with Crippen LogP contribution in [0.5, 0.6) is 0 Å². The van der Waals surface area contributed by atoms with E-state index in [0.717, 1.165) is 12.5 Å². The zero-order valence-corrected chi connectivity index (χ0v) is 17.7. The van der Waals surface area contributed by atoms with Gasteiger partial charge in [0.1, 0.15) is 17.2 Å². The molecule has 2 heterocycles. The highest BCUT2D eigenvalue weighted by atomic mass is 35.5. The van der Waals surface area contributed by atoms with E-state index in [1.54, 1.807) is 4.90 Å². The number of hydrogen-bond acceptors (Lipinski definition) is 5. The van der Waals surface area contributed by atoms with Crippen LogP contribution in [0, 0.1) is 11.7 Å². The topological polar surface area (TPSA) is 103 Å². The molecule has 0 unspecified atom stereocenters. The van der Waals surface area contributed by atoms with Crippen molar-refractivity contribution in [1.29, 1.82) is 0 Å².